The molecule has 22 heavy (non-hydrogen) atoms. The van der Waals surface area contributed by atoms with Crippen LogP contribution in [0.1, 0.15) is 41.7 Å². The fourth-order valence-corrected chi connectivity index (χ4v) is 3.72. The van der Waals surface area contributed by atoms with Gasteiger partial charge in [-0.3, -0.25) is 5.32 Å². The van der Waals surface area contributed by atoms with Crippen LogP contribution in [0.2, 0.25) is 0 Å². The van der Waals surface area contributed by atoms with Crippen molar-refractivity contribution in [2.24, 2.45) is 0 Å². The summed E-state index contributed by atoms with van der Waals surface area (Å²) in [5.41, 5.74) is 6.85. The lowest BCUT2D eigenvalue weighted by Crippen LogP contribution is -2.38. The Morgan fingerprint density at radius 1 is 1.05 bits per heavy atom. The monoisotopic (exact) mass is 293 g/mol. The van der Waals surface area contributed by atoms with Crippen molar-refractivity contribution in [3.8, 4) is 0 Å². The maximum atomic E-state index is 3.79. The Morgan fingerprint density at radius 3 is 2.64 bits per heavy atom. The Morgan fingerprint density at radius 2 is 1.86 bits per heavy atom. The van der Waals surface area contributed by atoms with Crippen LogP contribution in [-0.4, -0.2) is 14.1 Å². The van der Waals surface area contributed by atoms with E-state index >= 15 is 0 Å². The van der Waals surface area contributed by atoms with Gasteiger partial charge in [0.2, 0.25) is 0 Å². The average Bonchev–Trinajstić information content (AvgIpc) is 2.55. The van der Waals surface area contributed by atoms with Crippen LogP contribution in [0.4, 0.5) is 11.4 Å². The van der Waals surface area contributed by atoms with E-state index in [4.69, 9.17) is 0 Å². The third-order valence-corrected chi connectivity index (χ3v) is 4.89. The van der Waals surface area contributed by atoms with Crippen molar-refractivity contribution in [3.63, 3.8) is 0 Å². The van der Waals surface area contributed by atoms with Crippen molar-refractivity contribution in [1.29, 1.82) is 0 Å². The summed E-state index contributed by atoms with van der Waals surface area (Å²) in [6, 6.07) is 16.0. The highest BCUT2D eigenvalue weighted by molar-refractivity contribution is 5.60. The molecule has 3 nitrogen and oxygen atoms in total. The van der Waals surface area contributed by atoms with Gasteiger partial charge in [-0.15, -0.1) is 0 Å². The third kappa shape index (κ3) is 2.26. The van der Waals surface area contributed by atoms with E-state index in [0.29, 0.717) is 6.04 Å². The molecule has 1 heterocycles. The molecule has 0 amide bonds. The van der Waals surface area contributed by atoms with Gasteiger partial charge in [0.1, 0.15) is 6.17 Å². The molecule has 0 spiro atoms. The van der Waals surface area contributed by atoms with Crippen LogP contribution >= 0.6 is 0 Å². The highest BCUT2D eigenvalue weighted by Crippen LogP contribution is 2.40. The molecule has 1 aliphatic carbocycles. The second-order valence-corrected chi connectivity index (χ2v) is 6.55. The van der Waals surface area contributed by atoms with Gasteiger partial charge in [0.15, 0.2) is 0 Å². The van der Waals surface area contributed by atoms with Crippen molar-refractivity contribution in [3.05, 3.63) is 59.2 Å². The topological polar surface area (TPSA) is 27.3 Å². The van der Waals surface area contributed by atoms with E-state index in [1.54, 1.807) is 0 Å². The van der Waals surface area contributed by atoms with Gasteiger partial charge in [-0.05, 0) is 54.2 Å². The SMILES string of the molecule is CN(C)c1ccc(C2Nc3cccc4c3C(CCC4)N2)cc1. The summed E-state index contributed by atoms with van der Waals surface area (Å²) in [4.78, 5) is 2.13. The molecular weight excluding hydrogens is 270 g/mol. The molecule has 0 aromatic heterocycles. The van der Waals surface area contributed by atoms with Gasteiger partial charge in [0, 0.05) is 31.5 Å². The lowest BCUT2D eigenvalue weighted by Gasteiger charge is -2.38. The highest BCUT2D eigenvalue weighted by atomic mass is 15.2. The van der Waals surface area contributed by atoms with E-state index in [9.17, 15) is 0 Å². The molecule has 2 aliphatic rings. The molecule has 4 rings (SSSR count). The van der Waals surface area contributed by atoms with E-state index in [1.807, 2.05) is 0 Å². The zero-order chi connectivity index (χ0) is 15.1. The summed E-state index contributed by atoms with van der Waals surface area (Å²) in [6.45, 7) is 0. The predicted molar refractivity (Wildman–Crippen MR) is 92.4 cm³/mol. The quantitative estimate of drug-likeness (QED) is 0.881. The Balaban J connectivity index is 1.65. The van der Waals surface area contributed by atoms with Crippen LogP contribution in [0.5, 0.6) is 0 Å². The van der Waals surface area contributed by atoms with Gasteiger partial charge in [-0.1, -0.05) is 24.3 Å². The Bertz CT molecular complexity index is 676. The fourth-order valence-electron chi connectivity index (χ4n) is 3.72. The van der Waals surface area contributed by atoms with E-state index < -0.39 is 0 Å². The van der Waals surface area contributed by atoms with Crippen LogP contribution < -0.4 is 15.5 Å². The molecule has 0 radical (unpaired) electrons. The molecule has 3 heteroatoms. The minimum absolute atomic E-state index is 0.196. The third-order valence-electron chi connectivity index (χ3n) is 4.89. The predicted octanol–water partition coefficient (Wildman–Crippen LogP) is 3.84. The second-order valence-electron chi connectivity index (χ2n) is 6.55. The van der Waals surface area contributed by atoms with Gasteiger partial charge < -0.3 is 10.2 Å². The molecule has 2 unspecified atom stereocenters. The van der Waals surface area contributed by atoms with Crippen molar-refractivity contribution in [1.82, 2.24) is 5.32 Å². The molecule has 2 aromatic carbocycles. The number of nitrogens with zero attached hydrogens (tertiary/aromatic N) is 1. The number of hydrogen-bond acceptors (Lipinski definition) is 3. The van der Waals surface area contributed by atoms with Crippen LogP contribution in [0.15, 0.2) is 42.5 Å². The number of benzene rings is 2. The Labute approximate surface area is 132 Å². The molecule has 114 valence electrons. The van der Waals surface area contributed by atoms with Crippen molar-refractivity contribution < 1.29 is 0 Å². The summed E-state index contributed by atoms with van der Waals surface area (Å²) in [5.74, 6) is 0. The summed E-state index contributed by atoms with van der Waals surface area (Å²) in [7, 11) is 4.15. The fraction of sp³-hybridized carbons (Fsp3) is 0.368. The van der Waals surface area contributed by atoms with E-state index in [-0.39, 0.29) is 6.17 Å². The maximum Gasteiger partial charge on any atom is 0.104 e. The van der Waals surface area contributed by atoms with Gasteiger partial charge in [0.05, 0.1) is 0 Å². The zero-order valence-electron chi connectivity index (χ0n) is 13.3. The lowest BCUT2D eigenvalue weighted by atomic mass is 9.84. The minimum atomic E-state index is 0.196. The first kappa shape index (κ1) is 13.6. The van der Waals surface area contributed by atoms with Crippen molar-refractivity contribution >= 4 is 11.4 Å². The average molecular weight is 293 g/mol. The normalized spacial score (nSPS) is 22.6. The lowest BCUT2D eigenvalue weighted by molar-refractivity contribution is 0.405. The molecule has 2 N–H and O–H groups in total. The summed E-state index contributed by atoms with van der Waals surface area (Å²) < 4.78 is 0. The van der Waals surface area contributed by atoms with E-state index in [0.717, 1.165) is 0 Å². The van der Waals surface area contributed by atoms with Gasteiger partial charge in [-0.2, -0.15) is 0 Å². The Hall–Kier alpha value is -2.00. The van der Waals surface area contributed by atoms with E-state index in [1.165, 1.54) is 47.3 Å². The largest absolute Gasteiger partial charge is 0.378 e. The number of anilines is 2. The van der Waals surface area contributed by atoms with E-state index in [2.05, 4.69) is 72.1 Å². The van der Waals surface area contributed by atoms with Gasteiger partial charge in [0.25, 0.3) is 0 Å². The number of nitrogens with one attached hydrogen (secondary N) is 2. The molecule has 0 saturated carbocycles. The smallest absolute Gasteiger partial charge is 0.104 e. The molecule has 2 aromatic rings. The van der Waals surface area contributed by atoms with Crippen LogP contribution in [0.25, 0.3) is 0 Å². The van der Waals surface area contributed by atoms with Gasteiger partial charge in [-0.25, -0.2) is 0 Å². The second kappa shape index (κ2) is 5.33. The Kier molecular flexibility index (Phi) is 3.30. The molecule has 0 saturated heterocycles. The van der Waals surface area contributed by atoms with Crippen molar-refractivity contribution in [2.45, 2.75) is 31.5 Å². The summed E-state index contributed by atoms with van der Waals surface area (Å²) >= 11 is 0. The highest BCUT2D eigenvalue weighted by Gasteiger charge is 2.30. The standard InChI is InChI=1S/C19H23N3/c1-22(2)15-11-9-14(10-12-15)19-20-16-7-3-5-13-6-4-8-17(21-19)18(13)16/h3,5,7,9-12,17,19-21H,4,6,8H2,1-2H3. The zero-order valence-corrected chi connectivity index (χ0v) is 13.3. The summed E-state index contributed by atoms with van der Waals surface area (Å²) in [5, 5.41) is 7.47. The minimum Gasteiger partial charge on any atom is -0.378 e. The van der Waals surface area contributed by atoms with Gasteiger partial charge >= 0.3 is 0 Å². The molecule has 0 fully saturated rings. The first-order chi connectivity index (χ1) is 10.7. The molecule has 1 aliphatic heterocycles. The number of aryl methyl sites for hydroxylation is 1. The van der Waals surface area contributed by atoms with Crippen molar-refractivity contribution in [2.75, 3.05) is 24.3 Å². The molecular formula is C19H23N3. The first-order valence-corrected chi connectivity index (χ1v) is 8.14. The summed E-state index contributed by atoms with van der Waals surface area (Å²) in [6.07, 6.45) is 3.92. The first-order valence-electron chi connectivity index (χ1n) is 8.14. The van der Waals surface area contributed by atoms with Crippen LogP contribution in [0.3, 0.4) is 0 Å². The number of hydrogen-bond donors (Lipinski definition) is 2. The van der Waals surface area contributed by atoms with Crippen LogP contribution in [0, 0.1) is 0 Å². The number of rotatable bonds is 2. The maximum absolute atomic E-state index is 3.79. The molecule has 2 atom stereocenters. The molecule has 0 bridgehead atoms. The van der Waals surface area contributed by atoms with Crippen LogP contribution in [-0.2, 0) is 6.42 Å².